The standard InChI is InChI=1S/C16H20ClN3O/c1-20-14(13(17)11-19-20)15(18)16(7-9-21-10-8-16)12-5-3-2-4-6-12/h2-6,11,15H,7-10,18H2,1H3. The molecule has 5 heteroatoms. The topological polar surface area (TPSA) is 53.1 Å². The van der Waals surface area contributed by atoms with Gasteiger partial charge in [-0.25, -0.2) is 0 Å². The van der Waals surface area contributed by atoms with Gasteiger partial charge in [0.25, 0.3) is 0 Å². The molecule has 2 aromatic rings. The van der Waals surface area contributed by atoms with Crippen molar-refractivity contribution in [1.82, 2.24) is 9.78 Å². The summed E-state index contributed by atoms with van der Waals surface area (Å²) in [5, 5.41) is 4.86. The van der Waals surface area contributed by atoms with E-state index in [4.69, 9.17) is 22.1 Å². The van der Waals surface area contributed by atoms with E-state index in [2.05, 4.69) is 29.4 Å². The number of halogens is 1. The monoisotopic (exact) mass is 305 g/mol. The van der Waals surface area contributed by atoms with Crippen molar-refractivity contribution in [3.05, 3.63) is 52.8 Å². The maximum Gasteiger partial charge on any atom is 0.0834 e. The zero-order chi connectivity index (χ0) is 14.9. The SMILES string of the molecule is Cn1ncc(Cl)c1C(N)C1(c2ccccc2)CCOCC1. The first-order valence-corrected chi connectivity index (χ1v) is 7.59. The summed E-state index contributed by atoms with van der Waals surface area (Å²) in [7, 11) is 1.89. The van der Waals surface area contributed by atoms with Gasteiger partial charge in [0.15, 0.2) is 0 Å². The van der Waals surface area contributed by atoms with Crippen molar-refractivity contribution < 1.29 is 4.74 Å². The van der Waals surface area contributed by atoms with Crippen LogP contribution in [0.2, 0.25) is 5.02 Å². The van der Waals surface area contributed by atoms with Crippen molar-refractivity contribution in [2.24, 2.45) is 12.8 Å². The molecule has 0 amide bonds. The van der Waals surface area contributed by atoms with Crippen LogP contribution in [0.15, 0.2) is 36.5 Å². The first kappa shape index (κ1) is 14.6. The third-order valence-corrected chi connectivity index (χ3v) is 4.85. The second kappa shape index (κ2) is 5.79. The van der Waals surface area contributed by atoms with Crippen molar-refractivity contribution in [2.75, 3.05) is 13.2 Å². The van der Waals surface area contributed by atoms with Gasteiger partial charge in [0, 0.05) is 25.7 Å². The smallest absolute Gasteiger partial charge is 0.0834 e. The van der Waals surface area contributed by atoms with Crippen molar-refractivity contribution >= 4 is 11.6 Å². The van der Waals surface area contributed by atoms with Crippen molar-refractivity contribution in [2.45, 2.75) is 24.3 Å². The molecule has 2 heterocycles. The van der Waals surface area contributed by atoms with Gasteiger partial charge < -0.3 is 10.5 Å². The Bertz CT molecular complexity index is 586. The van der Waals surface area contributed by atoms with E-state index in [1.807, 2.05) is 13.1 Å². The quantitative estimate of drug-likeness (QED) is 0.948. The van der Waals surface area contributed by atoms with Gasteiger partial charge in [-0.05, 0) is 18.4 Å². The molecule has 1 aromatic heterocycles. The minimum absolute atomic E-state index is 0.156. The van der Waals surface area contributed by atoms with Crippen LogP contribution in [0, 0.1) is 0 Å². The Kier molecular flexibility index (Phi) is 4.02. The number of nitrogens with two attached hydrogens (primary N) is 1. The predicted octanol–water partition coefficient (Wildman–Crippen LogP) is 2.82. The van der Waals surface area contributed by atoms with Crippen molar-refractivity contribution in [3.63, 3.8) is 0 Å². The zero-order valence-corrected chi connectivity index (χ0v) is 12.9. The number of hydrogen-bond donors (Lipinski definition) is 1. The Hall–Kier alpha value is -1.36. The summed E-state index contributed by atoms with van der Waals surface area (Å²) in [5.74, 6) is 0. The maximum atomic E-state index is 6.68. The molecule has 1 fully saturated rings. The lowest BCUT2D eigenvalue weighted by Crippen LogP contribution is -2.44. The van der Waals surface area contributed by atoms with Gasteiger partial charge in [-0.15, -0.1) is 0 Å². The second-order valence-electron chi connectivity index (χ2n) is 5.61. The lowest BCUT2D eigenvalue weighted by molar-refractivity contribution is 0.0388. The summed E-state index contributed by atoms with van der Waals surface area (Å²) in [6.07, 6.45) is 3.44. The summed E-state index contributed by atoms with van der Waals surface area (Å²) >= 11 is 6.31. The molecule has 0 saturated carbocycles. The Morgan fingerprint density at radius 2 is 1.95 bits per heavy atom. The normalized spacial score (nSPS) is 19.4. The van der Waals surface area contributed by atoms with Crippen LogP contribution in [0.25, 0.3) is 0 Å². The number of hydrogen-bond acceptors (Lipinski definition) is 3. The molecular weight excluding hydrogens is 286 g/mol. The molecule has 1 aliphatic heterocycles. The highest BCUT2D eigenvalue weighted by atomic mass is 35.5. The number of aromatic nitrogens is 2. The van der Waals surface area contributed by atoms with Gasteiger partial charge >= 0.3 is 0 Å². The first-order chi connectivity index (χ1) is 10.1. The fourth-order valence-corrected chi connectivity index (χ4v) is 3.60. The number of benzene rings is 1. The Morgan fingerprint density at radius 1 is 1.29 bits per heavy atom. The molecule has 112 valence electrons. The van der Waals surface area contributed by atoms with E-state index in [-0.39, 0.29) is 11.5 Å². The van der Waals surface area contributed by atoms with Crippen LogP contribution in [0.4, 0.5) is 0 Å². The van der Waals surface area contributed by atoms with Gasteiger partial charge in [-0.2, -0.15) is 5.10 Å². The van der Waals surface area contributed by atoms with E-state index in [1.165, 1.54) is 5.56 Å². The van der Waals surface area contributed by atoms with E-state index >= 15 is 0 Å². The number of aryl methyl sites for hydroxylation is 1. The van der Waals surface area contributed by atoms with Crippen molar-refractivity contribution in [3.8, 4) is 0 Å². The third-order valence-electron chi connectivity index (χ3n) is 4.56. The largest absolute Gasteiger partial charge is 0.381 e. The molecule has 0 bridgehead atoms. The van der Waals surface area contributed by atoms with Gasteiger partial charge in [-0.3, -0.25) is 4.68 Å². The van der Waals surface area contributed by atoms with Crippen LogP contribution in [0.5, 0.6) is 0 Å². The van der Waals surface area contributed by atoms with Crippen LogP contribution < -0.4 is 5.73 Å². The molecule has 1 unspecified atom stereocenters. The van der Waals surface area contributed by atoms with E-state index in [1.54, 1.807) is 10.9 Å². The highest BCUT2D eigenvalue weighted by Crippen LogP contribution is 2.45. The van der Waals surface area contributed by atoms with Crippen LogP contribution in [0.1, 0.15) is 30.1 Å². The fraction of sp³-hybridized carbons (Fsp3) is 0.438. The third kappa shape index (κ3) is 2.48. The minimum atomic E-state index is -0.205. The molecule has 0 spiro atoms. The molecule has 21 heavy (non-hydrogen) atoms. The first-order valence-electron chi connectivity index (χ1n) is 7.21. The number of nitrogens with zero attached hydrogens (tertiary/aromatic N) is 2. The Balaban J connectivity index is 2.08. The highest BCUT2D eigenvalue weighted by Gasteiger charge is 2.42. The van der Waals surface area contributed by atoms with Crippen LogP contribution in [-0.4, -0.2) is 23.0 Å². The molecule has 1 atom stereocenters. The lowest BCUT2D eigenvalue weighted by Gasteiger charge is -2.42. The van der Waals surface area contributed by atoms with Crippen LogP contribution >= 0.6 is 11.6 Å². The molecule has 1 aliphatic rings. The van der Waals surface area contributed by atoms with Gasteiger partial charge in [0.1, 0.15) is 0 Å². The van der Waals surface area contributed by atoms with Crippen LogP contribution in [0.3, 0.4) is 0 Å². The average Bonchev–Trinajstić information content (AvgIpc) is 2.87. The molecule has 4 nitrogen and oxygen atoms in total. The minimum Gasteiger partial charge on any atom is -0.381 e. The van der Waals surface area contributed by atoms with E-state index in [9.17, 15) is 0 Å². The Labute approximate surface area is 129 Å². The molecular formula is C16H20ClN3O. The second-order valence-corrected chi connectivity index (χ2v) is 6.02. The van der Waals surface area contributed by atoms with Crippen molar-refractivity contribution in [1.29, 1.82) is 0 Å². The highest BCUT2D eigenvalue weighted by molar-refractivity contribution is 6.31. The van der Waals surface area contributed by atoms with E-state index < -0.39 is 0 Å². The Morgan fingerprint density at radius 3 is 2.52 bits per heavy atom. The van der Waals surface area contributed by atoms with Gasteiger partial charge in [0.05, 0.1) is 23.0 Å². The summed E-state index contributed by atoms with van der Waals surface area (Å²) in [4.78, 5) is 0. The summed E-state index contributed by atoms with van der Waals surface area (Å²) in [6, 6.07) is 10.2. The maximum absolute atomic E-state index is 6.68. The predicted molar refractivity (Wildman–Crippen MR) is 83.3 cm³/mol. The molecule has 3 rings (SSSR count). The van der Waals surface area contributed by atoms with E-state index in [0.29, 0.717) is 5.02 Å². The summed E-state index contributed by atoms with van der Waals surface area (Å²) < 4.78 is 7.35. The van der Waals surface area contributed by atoms with Gasteiger partial charge in [-0.1, -0.05) is 41.9 Å². The van der Waals surface area contributed by atoms with Crippen LogP contribution in [-0.2, 0) is 17.2 Å². The zero-order valence-electron chi connectivity index (χ0n) is 12.1. The average molecular weight is 306 g/mol. The summed E-state index contributed by atoms with van der Waals surface area (Å²) in [5.41, 5.74) is 8.67. The molecule has 1 saturated heterocycles. The lowest BCUT2D eigenvalue weighted by atomic mass is 9.68. The summed E-state index contributed by atoms with van der Waals surface area (Å²) in [6.45, 7) is 1.44. The fourth-order valence-electron chi connectivity index (χ4n) is 3.32. The number of rotatable bonds is 3. The molecule has 2 N–H and O–H groups in total. The molecule has 0 aliphatic carbocycles. The van der Waals surface area contributed by atoms with E-state index in [0.717, 1.165) is 31.7 Å². The van der Waals surface area contributed by atoms with Gasteiger partial charge in [0.2, 0.25) is 0 Å². The molecule has 0 radical (unpaired) electrons. The number of ether oxygens (including phenoxy) is 1. The molecule has 1 aromatic carbocycles.